The van der Waals surface area contributed by atoms with E-state index in [0.717, 1.165) is 30.4 Å². The Labute approximate surface area is 267 Å². The van der Waals surface area contributed by atoms with Crippen LogP contribution in [0.25, 0.3) is 0 Å². The summed E-state index contributed by atoms with van der Waals surface area (Å²) in [7, 11) is 0. The largest absolute Gasteiger partial charge is 0.342 e. The molecule has 240 valence electrons. The number of Topliss-reactive ketones (excluding diaryl/α,β-unsaturated/α-hetero) is 1. The lowest BCUT2D eigenvalue weighted by Crippen LogP contribution is -2.59. The molecule has 2 atom stereocenters. The van der Waals surface area contributed by atoms with Crippen LogP contribution in [0.1, 0.15) is 58.3 Å². The van der Waals surface area contributed by atoms with Crippen LogP contribution in [0.5, 0.6) is 0 Å². The van der Waals surface area contributed by atoms with Crippen LogP contribution in [-0.4, -0.2) is 70.9 Å². The molecule has 10 heteroatoms. The fourth-order valence-electron chi connectivity index (χ4n) is 6.65. The number of fused-ring (bicyclic) bond motifs is 2. The van der Waals surface area contributed by atoms with E-state index in [9.17, 15) is 28.0 Å². The number of hydrogen-bond acceptors (Lipinski definition) is 5. The van der Waals surface area contributed by atoms with Crippen molar-refractivity contribution in [3.8, 4) is 0 Å². The monoisotopic (exact) mass is 628 g/mol. The van der Waals surface area contributed by atoms with E-state index in [1.165, 1.54) is 16.0 Å². The zero-order valence-electron chi connectivity index (χ0n) is 25.6. The number of benzene rings is 3. The van der Waals surface area contributed by atoms with Crippen molar-refractivity contribution >= 4 is 29.2 Å². The number of hydrogen-bond donors (Lipinski definition) is 2. The molecule has 3 amide bonds. The zero-order valence-corrected chi connectivity index (χ0v) is 25.6. The molecule has 0 aromatic heterocycles. The number of halogens is 2. The van der Waals surface area contributed by atoms with E-state index < -0.39 is 29.8 Å². The molecule has 3 aromatic carbocycles. The summed E-state index contributed by atoms with van der Waals surface area (Å²) < 4.78 is 27.0. The van der Waals surface area contributed by atoms with Crippen LogP contribution in [0.15, 0.2) is 72.8 Å². The highest BCUT2D eigenvalue weighted by Gasteiger charge is 2.44. The molecule has 6 rings (SSSR count). The van der Waals surface area contributed by atoms with Crippen LogP contribution in [0.3, 0.4) is 0 Å². The number of likely N-dealkylation sites (tertiary alicyclic amines) is 1. The van der Waals surface area contributed by atoms with Gasteiger partial charge in [-0.25, -0.2) is 8.78 Å². The molecule has 8 nitrogen and oxygen atoms in total. The molecule has 46 heavy (non-hydrogen) atoms. The highest BCUT2D eigenvalue weighted by atomic mass is 19.3. The van der Waals surface area contributed by atoms with Crippen LogP contribution in [0, 0.1) is 0 Å². The number of nitrogens with one attached hydrogen (secondary N) is 2. The molecule has 2 N–H and O–H groups in total. The van der Waals surface area contributed by atoms with Crippen LogP contribution >= 0.6 is 0 Å². The van der Waals surface area contributed by atoms with Crippen LogP contribution in [0.4, 0.5) is 14.5 Å². The van der Waals surface area contributed by atoms with Crippen LogP contribution in [0.2, 0.25) is 0 Å². The predicted octanol–water partition coefficient (Wildman–Crippen LogP) is 4.56. The van der Waals surface area contributed by atoms with Crippen molar-refractivity contribution in [2.45, 2.75) is 69.5 Å². The summed E-state index contributed by atoms with van der Waals surface area (Å²) in [4.78, 5) is 56.9. The van der Waals surface area contributed by atoms with Gasteiger partial charge in [-0.1, -0.05) is 60.7 Å². The second-order valence-electron chi connectivity index (χ2n) is 12.5. The quantitative estimate of drug-likeness (QED) is 0.304. The van der Waals surface area contributed by atoms with E-state index >= 15 is 0 Å². The summed E-state index contributed by atoms with van der Waals surface area (Å²) in [6.45, 7) is -0.371. The molecule has 0 bridgehead atoms. The number of alkyl halides is 2. The number of aryl methyl sites for hydroxylation is 2. The first-order valence-electron chi connectivity index (χ1n) is 15.9. The van der Waals surface area contributed by atoms with Crippen molar-refractivity contribution in [3.63, 3.8) is 0 Å². The number of nitrogens with zero attached hydrogens (tertiary/aromatic N) is 2. The average molecular weight is 629 g/mol. The van der Waals surface area contributed by atoms with Crippen molar-refractivity contribution in [3.05, 3.63) is 101 Å². The van der Waals surface area contributed by atoms with Gasteiger partial charge < -0.3 is 15.5 Å². The molecule has 1 aliphatic carbocycles. The van der Waals surface area contributed by atoms with E-state index in [0.29, 0.717) is 11.3 Å². The predicted molar refractivity (Wildman–Crippen MR) is 170 cm³/mol. The van der Waals surface area contributed by atoms with E-state index in [4.69, 9.17) is 0 Å². The van der Waals surface area contributed by atoms with Gasteiger partial charge in [-0.15, -0.1) is 0 Å². The van der Waals surface area contributed by atoms with Gasteiger partial charge in [0.1, 0.15) is 12.1 Å². The maximum Gasteiger partial charge on any atom is 0.272 e. The molecule has 0 unspecified atom stereocenters. The summed E-state index contributed by atoms with van der Waals surface area (Å²) >= 11 is 0. The van der Waals surface area contributed by atoms with Crippen LogP contribution in [-0.2, 0) is 40.2 Å². The van der Waals surface area contributed by atoms with Gasteiger partial charge in [-0.05, 0) is 60.1 Å². The van der Waals surface area contributed by atoms with Crippen molar-refractivity contribution < 1.29 is 28.0 Å². The Kier molecular flexibility index (Phi) is 9.26. The third-order valence-corrected chi connectivity index (χ3v) is 9.18. The fraction of sp³-hybridized carbons (Fsp3) is 0.389. The third kappa shape index (κ3) is 7.33. The second kappa shape index (κ2) is 13.5. The van der Waals surface area contributed by atoms with E-state index in [2.05, 4.69) is 10.6 Å². The average Bonchev–Trinajstić information content (AvgIpc) is 3.52. The van der Waals surface area contributed by atoms with Gasteiger partial charge in [0, 0.05) is 43.6 Å². The minimum absolute atomic E-state index is 0.00160. The molecule has 2 aliphatic heterocycles. The van der Waals surface area contributed by atoms with Crippen molar-refractivity contribution in [1.82, 2.24) is 15.1 Å². The molecular formula is C36H38F2N4O4. The van der Waals surface area contributed by atoms with Gasteiger partial charge in [-0.2, -0.15) is 0 Å². The van der Waals surface area contributed by atoms with Gasteiger partial charge >= 0.3 is 0 Å². The minimum atomic E-state index is -2.75. The Hall–Kier alpha value is -4.44. The minimum Gasteiger partial charge on any atom is -0.342 e. The normalized spacial score (nSPS) is 18.9. The first-order valence-corrected chi connectivity index (χ1v) is 15.9. The zero-order chi connectivity index (χ0) is 32.3. The second-order valence-corrected chi connectivity index (χ2v) is 12.5. The molecule has 0 spiro atoms. The Bertz CT molecular complexity index is 1620. The number of carbonyl (C=O) groups is 4. The highest BCUT2D eigenvalue weighted by Crippen LogP contribution is 2.28. The Morgan fingerprint density at radius 3 is 2.33 bits per heavy atom. The van der Waals surface area contributed by atoms with Gasteiger partial charge in [0.2, 0.25) is 17.7 Å². The summed E-state index contributed by atoms with van der Waals surface area (Å²) in [5, 5.41) is 5.78. The van der Waals surface area contributed by atoms with Gasteiger partial charge in [0.25, 0.3) is 5.92 Å². The van der Waals surface area contributed by atoms with Gasteiger partial charge in [-0.3, -0.25) is 24.1 Å². The van der Waals surface area contributed by atoms with E-state index in [1.54, 1.807) is 29.2 Å². The van der Waals surface area contributed by atoms with Gasteiger partial charge in [0.05, 0.1) is 13.1 Å². The number of ketones is 1. The highest BCUT2D eigenvalue weighted by molar-refractivity contribution is 6.00. The number of anilines is 1. The molecule has 2 heterocycles. The third-order valence-electron chi connectivity index (χ3n) is 9.18. The summed E-state index contributed by atoms with van der Waals surface area (Å²) in [6, 6.07) is 20.2. The Morgan fingerprint density at radius 2 is 1.57 bits per heavy atom. The SMILES string of the molecule is O=C(CCC(=O)N1Cc2ccccc2C[C@H]1C(=O)N[C@@H](CCN1CC(F)(F)C1)C(=O)Nc1ccc2c(c1)CCC2)c1ccccc1. The molecule has 1 saturated heterocycles. The smallest absolute Gasteiger partial charge is 0.272 e. The lowest BCUT2D eigenvalue weighted by molar-refractivity contribution is -0.143. The van der Waals surface area contributed by atoms with Gasteiger partial charge in [0.15, 0.2) is 5.78 Å². The first kappa shape index (κ1) is 31.5. The Balaban J connectivity index is 1.17. The molecule has 1 fully saturated rings. The van der Waals surface area contributed by atoms with Crippen molar-refractivity contribution in [2.75, 3.05) is 25.0 Å². The van der Waals surface area contributed by atoms with Crippen molar-refractivity contribution in [2.24, 2.45) is 0 Å². The Morgan fingerprint density at radius 1 is 0.848 bits per heavy atom. The first-order chi connectivity index (χ1) is 22.1. The summed E-state index contributed by atoms with van der Waals surface area (Å²) in [5.41, 5.74) is 5.42. The lowest BCUT2D eigenvalue weighted by Gasteiger charge is -2.39. The van der Waals surface area contributed by atoms with E-state index in [-0.39, 0.29) is 63.6 Å². The topological polar surface area (TPSA) is 98.8 Å². The molecule has 3 aliphatic rings. The summed E-state index contributed by atoms with van der Waals surface area (Å²) in [5.74, 6) is -4.18. The van der Waals surface area contributed by atoms with Crippen LogP contribution < -0.4 is 10.6 Å². The molecule has 3 aromatic rings. The lowest BCUT2D eigenvalue weighted by atomic mass is 9.92. The number of carbonyl (C=O) groups excluding carboxylic acids is 4. The molecule has 0 saturated carbocycles. The molecule has 0 radical (unpaired) electrons. The van der Waals surface area contributed by atoms with Crippen molar-refractivity contribution in [1.29, 1.82) is 0 Å². The standard InChI is InChI=1S/C36H38F2N4O4/c37-36(38)22-41(23-36)18-17-30(34(45)39-29-14-13-24-11-6-12-26(24)19-29)40-35(46)31-20-27-9-4-5-10-28(27)21-42(31)33(44)16-15-32(43)25-7-2-1-3-8-25/h1-5,7-10,13-14,19,30-31H,6,11-12,15-18,20-23H2,(H,39,45)(H,40,46)/t30-,31-/m0/s1. The number of rotatable bonds is 11. The maximum absolute atomic E-state index is 13.9. The maximum atomic E-state index is 13.9. The number of amides is 3. The summed E-state index contributed by atoms with van der Waals surface area (Å²) in [6.07, 6.45) is 3.31. The van der Waals surface area contributed by atoms with E-state index in [1.807, 2.05) is 48.5 Å². The molecular weight excluding hydrogens is 590 g/mol. The fourth-order valence-corrected chi connectivity index (χ4v) is 6.65.